The molecular weight excluding hydrogens is 259 g/mol. The summed E-state index contributed by atoms with van der Waals surface area (Å²) in [7, 11) is 0. The normalized spacial score (nSPS) is 37.9. The van der Waals surface area contributed by atoms with Gasteiger partial charge < -0.3 is 0 Å². The van der Waals surface area contributed by atoms with Crippen molar-refractivity contribution >= 4 is 0 Å². The van der Waals surface area contributed by atoms with E-state index in [9.17, 15) is 4.39 Å². The molecular formula is C20H25F. The Balaban J connectivity index is 1.75. The minimum Gasteiger partial charge on any atom is -0.207 e. The van der Waals surface area contributed by atoms with Gasteiger partial charge in [-0.05, 0) is 91.4 Å². The second-order valence-corrected chi connectivity index (χ2v) is 7.81. The van der Waals surface area contributed by atoms with Gasteiger partial charge >= 0.3 is 0 Å². The highest BCUT2D eigenvalue weighted by Gasteiger charge is 2.51. The highest BCUT2D eigenvalue weighted by molar-refractivity contribution is 5.39. The van der Waals surface area contributed by atoms with Crippen LogP contribution >= 0.6 is 0 Å². The van der Waals surface area contributed by atoms with Gasteiger partial charge in [-0.15, -0.1) is 0 Å². The molecule has 2 fully saturated rings. The van der Waals surface area contributed by atoms with E-state index < -0.39 is 0 Å². The number of aryl methyl sites for hydroxylation is 2. The van der Waals surface area contributed by atoms with Gasteiger partial charge in [-0.2, -0.15) is 0 Å². The van der Waals surface area contributed by atoms with Crippen LogP contribution in [0.15, 0.2) is 24.3 Å². The molecule has 2 saturated carbocycles. The summed E-state index contributed by atoms with van der Waals surface area (Å²) in [4.78, 5) is 0. The van der Waals surface area contributed by atoms with Gasteiger partial charge in [-0.3, -0.25) is 0 Å². The lowest BCUT2D eigenvalue weighted by molar-refractivity contribution is 0.0816. The number of hydrogen-bond donors (Lipinski definition) is 0. The number of benzene rings is 1. The Bertz CT molecular complexity index is 615. The Kier molecular flexibility index (Phi) is 2.87. The Hall–Kier alpha value is -1.11. The molecule has 0 radical (unpaired) electrons. The quantitative estimate of drug-likeness (QED) is 0.548. The van der Waals surface area contributed by atoms with Crippen LogP contribution in [0.4, 0.5) is 4.39 Å². The van der Waals surface area contributed by atoms with Crippen LogP contribution in [0.1, 0.15) is 61.6 Å². The van der Waals surface area contributed by atoms with E-state index in [1.807, 2.05) is 13.0 Å². The van der Waals surface area contributed by atoms with Crippen molar-refractivity contribution in [1.82, 2.24) is 0 Å². The average Bonchev–Trinajstić information content (AvgIpc) is 2.76. The van der Waals surface area contributed by atoms with Crippen molar-refractivity contribution in [2.45, 2.75) is 58.3 Å². The van der Waals surface area contributed by atoms with Gasteiger partial charge in [0.25, 0.3) is 0 Å². The maximum atomic E-state index is 13.8. The standard InChI is InChI=1S/C20H25F/c1-12-10-17-14(11-19(12)21)5-6-16-15(17)8-9-20(3)13(2)4-7-18(16)20/h10-11,15-16,18H,2,4-9H2,1,3H3/t15?,16?,18?,20-/m1/s1. The first-order chi connectivity index (χ1) is 10.0. The Morgan fingerprint density at radius 1 is 1.19 bits per heavy atom. The first-order valence-electron chi connectivity index (χ1n) is 8.48. The summed E-state index contributed by atoms with van der Waals surface area (Å²) in [6.07, 6.45) is 7.38. The maximum absolute atomic E-state index is 13.8. The third-order valence-electron chi connectivity index (χ3n) is 6.96. The van der Waals surface area contributed by atoms with Crippen LogP contribution < -0.4 is 0 Å². The summed E-state index contributed by atoms with van der Waals surface area (Å²) in [5.41, 5.74) is 5.43. The number of hydrogen-bond acceptors (Lipinski definition) is 0. The summed E-state index contributed by atoms with van der Waals surface area (Å²) >= 11 is 0. The summed E-state index contributed by atoms with van der Waals surface area (Å²) in [6.45, 7) is 8.73. The minimum absolute atomic E-state index is 0.0258. The van der Waals surface area contributed by atoms with Crippen molar-refractivity contribution in [2.24, 2.45) is 17.3 Å². The molecule has 3 aliphatic carbocycles. The molecule has 3 aliphatic rings. The number of halogens is 1. The number of fused-ring (bicyclic) bond motifs is 5. The molecule has 3 unspecified atom stereocenters. The molecule has 1 heteroatoms. The molecule has 0 aliphatic heterocycles. The Morgan fingerprint density at radius 2 is 2.00 bits per heavy atom. The van der Waals surface area contributed by atoms with E-state index in [-0.39, 0.29) is 5.82 Å². The van der Waals surface area contributed by atoms with Crippen molar-refractivity contribution in [3.63, 3.8) is 0 Å². The topological polar surface area (TPSA) is 0 Å². The fourth-order valence-corrected chi connectivity index (χ4v) is 5.61. The molecule has 0 aromatic heterocycles. The first kappa shape index (κ1) is 13.5. The van der Waals surface area contributed by atoms with Crippen molar-refractivity contribution in [1.29, 1.82) is 0 Å². The predicted molar refractivity (Wildman–Crippen MR) is 84.9 cm³/mol. The SMILES string of the molecule is C=C1CCC2C3CCc4cc(F)c(C)cc4C3CC[C@]12C. The molecule has 0 nitrogen and oxygen atoms in total. The predicted octanol–water partition coefficient (Wildman–Crippen LogP) is 5.55. The lowest BCUT2D eigenvalue weighted by Gasteiger charge is -2.49. The zero-order valence-electron chi connectivity index (χ0n) is 13.2. The number of allylic oxidation sites excluding steroid dienone is 1. The summed E-state index contributed by atoms with van der Waals surface area (Å²) in [6, 6.07) is 3.95. The van der Waals surface area contributed by atoms with E-state index >= 15 is 0 Å². The van der Waals surface area contributed by atoms with Gasteiger partial charge in [-0.25, -0.2) is 4.39 Å². The molecule has 21 heavy (non-hydrogen) atoms. The van der Waals surface area contributed by atoms with Crippen LogP contribution in [-0.4, -0.2) is 0 Å². The third kappa shape index (κ3) is 1.79. The molecule has 0 N–H and O–H groups in total. The molecule has 4 atom stereocenters. The Morgan fingerprint density at radius 3 is 2.81 bits per heavy atom. The van der Waals surface area contributed by atoms with Crippen LogP contribution in [0.2, 0.25) is 0 Å². The minimum atomic E-state index is -0.0258. The van der Waals surface area contributed by atoms with Crippen molar-refractivity contribution in [3.8, 4) is 0 Å². The molecule has 0 bridgehead atoms. The molecule has 1 aromatic rings. The van der Waals surface area contributed by atoms with Crippen LogP contribution in [-0.2, 0) is 6.42 Å². The second kappa shape index (κ2) is 4.44. The van der Waals surface area contributed by atoms with Gasteiger partial charge in [0, 0.05) is 0 Å². The summed E-state index contributed by atoms with van der Waals surface area (Å²) < 4.78 is 13.8. The molecule has 112 valence electrons. The van der Waals surface area contributed by atoms with Gasteiger partial charge in [0.15, 0.2) is 0 Å². The van der Waals surface area contributed by atoms with Crippen molar-refractivity contribution in [2.75, 3.05) is 0 Å². The van der Waals surface area contributed by atoms with Gasteiger partial charge in [-0.1, -0.05) is 25.1 Å². The van der Waals surface area contributed by atoms with Crippen molar-refractivity contribution in [3.05, 3.63) is 46.8 Å². The molecule has 4 rings (SSSR count). The van der Waals surface area contributed by atoms with Gasteiger partial charge in [0.2, 0.25) is 0 Å². The van der Waals surface area contributed by atoms with Crippen molar-refractivity contribution < 1.29 is 4.39 Å². The maximum Gasteiger partial charge on any atom is 0.126 e. The number of rotatable bonds is 0. The summed E-state index contributed by atoms with van der Waals surface area (Å²) in [5, 5.41) is 0. The molecule has 0 spiro atoms. The van der Waals surface area contributed by atoms with E-state index in [4.69, 9.17) is 0 Å². The first-order valence-corrected chi connectivity index (χ1v) is 8.48. The lowest BCUT2D eigenvalue weighted by atomic mass is 9.55. The largest absolute Gasteiger partial charge is 0.207 e. The Labute approximate surface area is 127 Å². The molecule has 0 saturated heterocycles. The van der Waals surface area contributed by atoms with E-state index in [1.54, 1.807) is 0 Å². The van der Waals surface area contributed by atoms with Crippen LogP contribution in [0, 0.1) is 30.0 Å². The molecule has 0 heterocycles. The van der Waals surface area contributed by atoms with Crippen LogP contribution in [0.25, 0.3) is 0 Å². The van der Waals surface area contributed by atoms with Crippen LogP contribution in [0.3, 0.4) is 0 Å². The zero-order chi connectivity index (χ0) is 14.8. The summed E-state index contributed by atoms with van der Waals surface area (Å²) in [5.74, 6) is 2.24. The van der Waals surface area contributed by atoms with Gasteiger partial charge in [0.05, 0.1) is 0 Å². The van der Waals surface area contributed by atoms with E-state index in [0.717, 1.165) is 23.8 Å². The fourth-order valence-electron chi connectivity index (χ4n) is 5.61. The molecule has 0 amide bonds. The fraction of sp³-hybridized carbons (Fsp3) is 0.600. The monoisotopic (exact) mass is 284 g/mol. The highest BCUT2D eigenvalue weighted by Crippen LogP contribution is 2.62. The smallest absolute Gasteiger partial charge is 0.126 e. The average molecular weight is 284 g/mol. The van der Waals surface area contributed by atoms with E-state index in [1.165, 1.54) is 48.8 Å². The third-order valence-corrected chi connectivity index (χ3v) is 6.96. The lowest BCUT2D eigenvalue weighted by Crippen LogP contribution is -2.40. The van der Waals surface area contributed by atoms with Gasteiger partial charge in [0.1, 0.15) is 5.82 Å². The van der Waals surface area contributed by atoms with E-state index in [0.29, 0.717) is 11.3 Å². The molecule has 1 aromatic carbocycles. The van der Waals surface area contributed by atoms with E-state index in [2.05, 4.69) is 19.6 Å². The highest BCUT2D eigenvalue weighted by atomic mass is 19.1. The zero-order valence-corrected chi connectivity index (χ0v) is 13.2. The van der Waals surface area contributed by atoms with Crippen LogP contribution in [0.5, 0.6) is 0 Å². The second-order valence-electron chi connectivity index (χ2n) is 7.81.